The summed E-state index contributed by atoms with van der Waals surface area (Å²) in [4.78, 5) is 139. The van der Waals surface area contributed by atoms with Crippen LogP contribution in [0.25, 0.3) is 0 Å². The number of thioether (sulfide) groups is 1. The van der Waals surface area contributed by atoms with Gasteiger partial charge in [0.1, 0.15) is 53.1 Å². The third-order valence-electron chi connectivity index (χ3n) is 17.1. The molecule has 2 fully saturated rings. The number of nitrogens with zero attached hydrogens (tertiary/aromatic N) is 5. The first kappa shape index (κ1) is 72.4. The number of methoxy groups -OCH3 is 2. The summed E-state index contributed by atoms with van der Waals surface area (Å²) < 4.78 is 40.6. The fourth-order valence-corrected chi connectivity index (χ4v) is 12.2. The summed E-state index contributed by atoms with van der Waals surface area (Å²) in [6, 6.07) is 5.65. The lowest BCUT2D eigenvalue weighted by atomic mass is 9.83. The van der Waals surface area contributed by atoms with E-state index in [4.69, 9.17) is 50.5 Å². The number of nitrogens with one attached hydrogen (secondary N) is 3. The summed E-state index contributed by atoms with van der Waals surface area (Å²) in [5.41, 5.74) is 5.21. The normalized spacial score (nSPS) is 26.2. The molecule has 7 rings (SSSR count). The zero-order valence-electron chi connectivity index (χ0n) is 53.9. The maximum Gasteiger partial charge on any atom is 0.412 e. The quantitative estimate of drug-likeness (QED) is 0.0379. The highest BCUT2D eigenvalue weighted by Crippen LogP contribution is 2.49. The number of hydrogen-bond donors (Lipinski definition) is 5. The molecular formula is C64H84ClN9O18S. The number of hydrogen-bond acceptors (Lipinski definition) is 20. The Labute approximate surface area is 549 Å². The highest BCUT2D eigenvalue weighted by molar-refractivity contribution is 8.13. The number of likely N-dealkylation sites (N-methyl/N-ethyl adjacent to an activating group) is 3. The molecule has 0 spiro atoms. The molecule has 0 radical (unpaired) electrons. The Morgan fingerprint density at radius 1 is 0.989 bits per heavy atom. The molecule has 9 amide bonds. The molecule has 2 aromatic rings. The van der Waals surface area contributed by atoms with Crippen LogP contribution in [-0.4, -0.2) is 212 Å². The van der Waals surface area contributed by atoms with Crippen LogP contribution >= 0.6 is 23.4 Å². The summed E-state index contributed by atoms with van der Waals surface area (Å²) in [7, 11) is 8.76. The zero-order chi connectivity index (χ0) is 68.1. The smallest absolute Gasteiger partial charge is 0.412 e. The van der Waals surface area contributed by atoms with E-state index in [0.717, 1.165) is 59.2 Å². The highest BCUT2D eigenvalue weighted by atomic mass is 35.5. The Bertz CT molecular complexity index is 3270. The number of rotatable bonds is 19. The van der Waals surface area contributed by atoms with Crippen LogP contribution in [0, 0.1) is 5.92 Å². The maximum atomic E-state index is 14.4. The Balaban J connectivity index is 0.929. The van der Waals surface area contributed by atoms with Crippen molar-refractivity contribution in [2.24, 2.45) is 11.7 Å². The minimum absolute atomic E-state index is 0.0131. The molecule has 2 saturated heterocycles. The van der Waals surface area contributed by atoms with E-state index in [9.17, 15) is 53.1 Å². The predicted octanol–water partition coefficient (Wildman–Crippen LogP) is 5.53. The van der Waals surface area contributed by atoms with Crippen molar-refractivity contribution < 1.29 is 86.2 Å². The van der Waals surface area contributed by atoms with E-state index in [2.05, 4.69) is 16.0 Å². The Morgan fingerprint density at radius 2 is 1.71 bits per heavy atom. The first-order valence-corrected chi connectivity index (χ1v) is 31.9. The van der Waals surface area contributed by atoms with Crippen LogP contribution in [0.1, 0.15) is 94.1 Å². The second kappa shape index (κ2) is 32.2. The summed E-state index contributed by atoms with van der Waals surface area (Å²) in [6.07, 6.45) is 7.57. The van der Waals surface area contributed by atoms with Crippen LogP contribution < -0.4 is 36.1 Å². The number of carbonyl (C=O) groups excluding carboxylic acids is 10. The van der Waals surface area contributed by atoms with Crippen molar-refractivity contribution in [1.82, 2.24) is 35.6 Å². The third kappa shape index (κ3) is 18.6. The molecule has 6 N–H and O–H groups in total. The lowest BCUT2D eigenvalue weighted by molar-refractivity contribution is -0.162. The number of aliphatic hydroxyl groups is 1. The average molecular weight is 1330 g/mol. The van der Waals surface area contributed by atoms with Crippen molar-refractivity contribution in [3.63, 3.8) is 0 Å². The van der Waals surface area contributed by atoms with Crippen LogP contribution in [0.15, 0.2) is 78.4 Å². The summed E-state index contributed by atoms with van der Waals surface area (Å²) >= 11 is 7.68. The van der Waals surface area contributed by atoms with E-state index in [0.29, 0.717) is 29.8 Å². The van der Waals surface area contributed by atoms with Gasteiger partial charge in [-0.25, -0.2) is 19.2 Å². The number of halogens is 1. The van der Waals surface area contributed by atoms with Crippen molar-refractivity contribution in [3.8, 4) is 11.5 Å². The molecule has 1 aliphatic carbocycles. The van der Waals surface area contributed by atoms with Gasteiger partial charge in [0.2, 0.25) is 11.8 Å². The van der Waals surface area contributed by atoms with Crippen molar-refractivity contribution >= 4 is 88.1 Å². The Kier molecular flexibility index (Phi) is 25.1. The molecule has 1 unspecified atom stereocenters. The molecule has 506 valence electrons. The average Bonchev–Trinajstić information content (AvgIpc) is 1.68. The lowest BCUT2D eigenvalue weighted by Gasteiger charge is -2.42. The van der Waals surface area contributed by atoms with Gasteiger partial charge >= 0.3 is 24.2 Å². The molecule has 2 aromatic carbocycles. The number of alkyl carbamates (subject to hydrolysis) is 1. The number of benzene rings is 2. The number of fused-ring (bicyclic) bond motifs is 5. The second-order valence-corrected chi connectivity index (χ2v) is 25.3. The van der Waals surface area contributed by atoms with Gasteiger partial charge in [-0.15, -0.1) is 0 Å². The number of carbonyl (C=O) groups is 10. The third-order valence-corrected chi connectivity index (χ3v) is 18.4. The van der Waals surface area contributed by atoms with Crippen LogP contribution in [0.5, 0.6) is 11.5 Å². The van der Waals surface area contributed by atoms with Gasteiger partial charge < -0.3 is 74.2 Å². The minimum Gasteiger partial charge on any atom is -0.495 e. The van der Waals surface area contributed by atoms with E-state index in [1.54, 1.807) is 38.1 Å². The van der Waals surface area contributed by atoms with Gasteiger partial charge in [-0.1, -0.05) is 78.7 Å². The van der Waals surface area contributed by atoms with Gasteiger partial charge in [0.25, 0.3) is 23.0 Å². The standard InChI is InChI=1S/C64H84ClN9O18S/c1-37-16-15-19-49(87-10)64(85)35-48(90-60(82)69-64)38(2)56-63(4,92-56)50(34-54(78)73(8)45-32-41(30-37)33-47(86-9)55(45)65)91-58(80)39(3)72(7)51(75)24-29-93-62(84)71(6)28-27-70(5)61(83)88-36-40-20-21-46(89-59(81)68-44-18-14-12-11-13-17-43(44)66)42(31-40)57(79)67-25-26-74-52(76)22-23-53(74)77/h13,15-17,19-23,31-33,38-39,43-44,48-50,56,85H,11-12,14,18,24-30,34-36,66H2,1-10H3,(H,67,79)(H,68,81)(H,69,82)/b17-13+,19-15+,37-16+/t38-,39+,43+,44?,48+,49-,50+,56+,63+,64+/m1/s1. The number of anilines is 1. The molecule has 0 aromatic heterocycles. The van der Waals surface area contributed by atoms with Gasteiger partial charge in [0.15, 0.2) is 5.72 Å². The molecule has 27 nitrogen and oxygen atoms in total. The maximum absolute atomic E-state index is 14.4. The largest absolute Gasteiger partial charge is 0.495 e. The van der Waals surface area contributed by atoms with Gasteiger partial charge in [-0.3, -0.25) is 39.0 Å². The number of epoxide rings is 1. The Morgan fingerprint density at radius 3 is 2.42 bits per heavy atom. The minimum atomic E-state index is -1.91. The van der Waals surface area contributed by atoms with Crippen molar-refractivity contribution in [2.75, 3.05) is 79.2 Å². The first-order chi connectivity index (χ1) is 44.1. The number of allylic oxidation sites excluding steroid dienone is 4. The van der Waals surface area contributed by atoms with Crippen LogP contribution in [0.3, 0.4) is 0 Å². The molecule has 29 heteroatoms. The molecule has 0 saturated carbocycles. The molecule has 4 aliphatic heterocycles. The summed E-state index contributed by atoms with van der Waals surface area (Å²) in [6.45, 7) is 6.27. The van der Waals surface area contributed by atoms with Gasteiger partial charge in [-0.2, -0.15) is 0 Å². The van der Waals surface area contributed by atoms with Gasteiger partial charge in [0.05, 0.1) is 36.9 Å². The number of amides is 9. The topological polar surface area (TPSA) is 337 Å². The molecule has 4 heterocycles. The molecule has 5 aliphatic rings. The second-order valence-electron chi connectivity index (χ2n) is 23.8. The van der Waals surface area contributed by atoms with E-state index in [1.165, 1.54) is 87.1 Å². The molecule has 4 bridgehead atoms. The fraction of sp³-hybridized carbons (Fsp3) is 0.531. The number of imide groups is 1. The van der Waals surface area contributed by atoms with E-state index >= 15 is 0 Å². The van der Waals surface area contributed by atoms with Crippen molar-refractivity contribution in [3.05, 3.63) is 100 Å². The predicted molar refractivity (Wildman–Crippen MR) is 342 cm³/mol. The molecular weight excluding hydrogens is 1250 g/mol. The zero-order valence-corrected chi connectivity index (χ0v) is 55.5. The highest BCUT2D eigenvalue weighted by Gasteiger charge is 2.64. The van der Waals surface area contributed by atoms with Gasteiger partial charge in [0, 0.05) is 104 Å². The van der Waals surface area contributed by atoms with Crippen molar-refractivity contribution in [2.45, 2.75) is 140 Å². The fourth-order valence-electron chi connectivity index (χ4n) is 11.1. The summed E-state index contributed by atoms with van der Waals surface area (Å²) in [5.74, 6) is -4.09. The van der Waals surface area contributed by atoms with Crippen LogP contribution in [0.2, 0.25) is 5.02 Å². The molecule has 93 heavy (non-hydrogen) atoms. The van der Waals surface area contributed by atoms with Crippen molar-refractivity contribution in [1.29, 1.82) is 0 Å². The number of esters is 1. The van der Waals surface area contributed by atoms with E-state index in [-0.39, 0.29) is 67.7 Å². The molecule has 10 atom stereocenters. The Hall–Kier alpha value is -8.02. The summed E-state index contributed by atoms with van der Waals surface area (Å²) in [5, 5.41) is 19.6. The first-order valence-electron chi connectivity index (χ1n) is 30.5. The van der Waals surface area contributed by atoms with Crippen LogP contribution in [-0.2, 0) is 60.7 Å². The van der Waals surface area contributed by atoms with E-state index < -0.39 is 125 Å². The van der Waals surface area contributed by atoms with E-state index in [1.807, 2.05) is 25.2 Å². The lowest BCUT2D eigenvalue weighted by Crippen LogP contribution is -2.63. The SMILES string of the molecule is COc1cc2cc(c1Cl)N(C)C(=O)C[C@H](OC(=O)[C@H](C)N(C)C(=O)CCSC(=O)N(C)CCN(C)C(=O)OCc1ccc(OC(=O)NC3CCCC/C=C/[C@@H]3N)c(C(=O)NCCN3C(=O)C=CC3=O)c1)[C@]1(C)O[C@H]1[C@H](C)[C@@H]1C[C@@](O)(NC(=O)O1)[C@H](OC)/C=C/C=C(\C)C2. The number of nitrogens with two attached hydrogens (primary N) is 1. The van der Waals surface area contributed by atoms with Crippen LogP contribution in [0.4, 0.5) is 24.9 Å². The number of ether oxygens (including phenoxy) is 7. The monoisotopic (exact) mass is 1330 g/mol. The van der Waals surface area contributed by atoms with Gasteiger partial charge in [-0.05, 0) is 81.8 Å².